The van der Waals surface area contributed by atoms with Crippen LogP contribution in [-0.4, -0.2) is 41.1 Å². The van der Waals surface area contributed by atoms with Gasteiger partial charge in [-0.05, 0) is 62.1 Å². The molecule has 0 aliphatic carbocycles. The first-order valence-corrected chi connectivity index (χ1v) is 11.3. The highest BCUT2D eigenvalue weighted by Gasteiger charge is 2.20. The van der Waals surface area contributed by atoms with Crippen LogP contribution in [0.25, 0.3) is 0 Å². The zero-order valence-electron chi connectivity index (χ0n) is 17.9. The van der Waals surface area contributed by atoms with Crippen LogP contribution in [0.4, 0.5) is 0 Å². The molecule has 0 saturated carbocycles. The topological polar surface area (TPSA) is 93.7 Å². The van der Waals surface area contributed by atoms with Crippen molar-refractivity contribution in [2.24, 2.45) is 0 Å². The summed E-state index contributed by atoms with van der Waals surface area (Å²) in [6.07, 6.45) is 0.884. The number of hydrogen-bond acceptors (Lipinski definition) is 5. The Kier molecular flexibility index (Phi) is 8.68. The maximum Gasteiger partial charge on any atom is 0.244 e. The second-order valence-corrected chi connectivity index (χ2v) is 8.79. The van der Waals surface area contributed by atoms with E-state index < -0.39 is 10.0 Å². The standard InChI is InChI=1S/C22H30N2O5S/c1-16-8-5-6-9-19(16)29-13-7-10-22(25)23-11-12-24-30(26,27)21-15-18(3)17(2)14-20(21)28-4/h5-6,8-9,14-15,24H,7,10-13H2,1-4H3,(H,23,25). The SMILES string of the molecule is COc1cc(C)c(C)cc1S(=O)(=O)NCCNC(=O)CCCOc1ccccc1C. The van der Waals surface area contributed by atoms with E-state index in [0.29, 0.717) is 25.2 Å². The highest BCUT2D eigenvalue weighted by Crippen LogP contribution is 2.27. The van der Waals surface area contributed by atoms with Gasteiger partial charge in [0.05, 0.1) is 13.7 Å². The molecular weight excluding hydrogens is 404 g/mol. The Balaban J connectivity index is 1.73. The summed E-state index contributed by atoms with van der Waals surface area (Å²) in [6.45, 7) is 6.43. The lowest BCUT2D eigenvalue weighted by atomic mass is 10.1. The normalized spacial score (nSPS) is 11.2. The number of hydrogen-bond donors (Lipinski definition) is 2. The molecule has 0 aromatic heterocycles. The number of methoxy groups -OCH3 is 1. The van der Waals surface area contributed by atoms with Gasteiger partial charge in [0.15, 0.2) is 0 Å². The first-order chi connectivity index (χ1) is 14.2. The van der Waals surface area contributed by atoms with Crippen LogP contribution in [0.5, 0.6) is 11.5 Å². The molecule has 2 N–H and O–H groups in total. The second-order valence-electron chi connectivity index (χ2n) is 7.05. The minimum atomic E-state index is -3.74. The number of rotatable bonds is 11. The van der Waals surface area contributed by atoms with Gasteiger partial charge < -0.3 is 14.8 Å². The van der Waals surface area contributed by atoms with Gasteiger partial charge in [-0.15, -0.1) is 0 Å². The van der Waals surface area contributed by atoms with Gasteiger partial charge in [-0.3, -0.25) is 4.79 Å². The second kappa shape index (κ2) is 11.0. The summed E-state index contributed by atoms with van der Waals surface area (Å²) in [5, 5.41) is 2.71. The first kappa shape index (κ1) is 23.7. The van der Waals surface area contributed by atoms with Crippen molar-refractivity contribution < 1.29 is 22.7 Å². The molecular formula is C22H30N2O5S. The molecule has 0 aliphatic heterocycles. The number of para-hydroxylation sites is 1. The van der Waals surface area contributed by atoms with Gasteiger partial charge in [0.1, 0.15) is 16.4 Å². The molecule has 8 heteroatoms. The number of carbonyl (C=O) groups is 1. The number of ether oxygens (including phenoxy) is 2. The van der Waals surface area contributed by atoms with Gasteiger partial charge in [0.2, 0.25) is 15.9 Å². The van der Waals surface area contributed by atoms with E-state index in [-0.39, 0.29) is 23.9 Å². The maximum absolute atomic E-state index is 12.6. The molecule has 0 saturated heterocycles. The molecule has 0 aliphatic rings. The number of benzene rings is 2. The zero-order chi connectivity index (χ0) is 22.1. The summed E-state index contributed by atoms with van der Waals surface area (Å²) in [7, 11) is -2.31. The highest BCUT2D eigenvalue weighted by atomic mass is 32.2. The van der Waals surface area contributed by atoms with E-state index in [1.165, 1.54) is 7.11 Å². The van der Waals surface area contributed by atoms with Crippen LogP contribution in [0.2, 0.25) is 0 Å². The zero-order valence-corrected chi connectivity index (χ0v) is 18.8. The van der Waals surface area contributed by atoms with E-state index in [4.69, 9.17) is 9.47 Å². The Morgan fingerprint density at radius 2 is 1.67 bits per heavy atom. The monoisotopic (exact) mass is 434 g/mol. The van der Waals surface area contributed by atoms with Crippen molar-refractivity contribution in [1.29, 1.82) is 0 Å². The van der Waals surface area contributed by atoms with E-state index in [1.807, 2.05) is 45.0 Å². The number of amides is 1. The van der Waals surface area contributed by atoms with Crippen molar-refractivity contribution in [3.63, 3.8) is 0 Å². The molecule has 2 aromatic rings. The van der Waals surface area contributed by atoms with Crippen molar-refractivity contribution in [1.82, 2.24) is 10.0 Å². The van der Waals surface area contributed by atoms with Crippen molar-refractivity contribution in [3.8, 4) is 11.5 Å². The first-order valence-electron chi connectivity index (χ1n) is 9.84. The summed E-state index contributed by atoms with van der Waals surface area (Å²) in [5.74, 6) is 0.962. The molecule has 30 heavy (non-hydrogen) atoms. The number of sulfonamides is 1. The lowest BCUT2D eigenvalue weighted by Gasteiger charge is -2.13. The van der Waals surface area contributed by atoms with E-state index in [2.05, 4.69) is 10.0 Å². The van der Waals surface area contributed by atoms with Gasteiger partial charge in [-0.25, -0.2) is 13.1 Å². The fraction of sp³-hybridized carbons (Fsp3) is 0.409. The predicted molar refractivity (Wildman–Crippen MR) is 117 cm³/mol. The van der Waals surface area contributed by atoms with Crippen LogP contribution < -0.4 is 19.5 Å². The van der Waals surface area contributed by atoms with E-state index in [1.54, 1.807) is 12.1 Å². The highest BCUT2D eigenvalue weighted by molar-refractivity contribution is 7.89. The Bertz CT molecular complexity index is 973. The molecule has 7 nitrogen and oxygen atoms in total. The van der Waals surface area contributed by atoms with Crippen molar-refractivity contribution in [2.45, 2.75) is 38.5 Å². The molecule has 0 heterocycles. The summed E-state index contributed by atoms with van der Waals surface area (Å²) in [6, 6.07) is 11.0. The molecule has 164 valence electrons. The number of carbonyl (C=O) groups excluding carboxylic acids is 1. The summed E-state index contributed by atoms with van der Waals surface area (Å²) >= 11 is 0. The summed E-state index contributed by atoms with van der Waals surface area (Å²) < 4.78 is 38.5. The average Bonchev–Trinajstić information content (AvgIpc) is 2.71. The van der Waals surface area contributed by atoms with Gasteiger partial charge in [0.25, 0.3) is 0 Å². The third-order valence-electron chi connectivity index (χ3n) is 4.71. The third-order valence-corrected chi connectivity index (χ3v) is 6.19. The fourth-order valence-electron chi connectivity index (χ4n) is 2.82. The Hall–Kier alpha value is -2.58. The Morgan fingerprint density at radius 3 is 2.37 bits per heavy atom. The van der Waals surface area contributed by atoms with Crippen molar-refractivity contribution in [3.05, 3.63) is 53.1 Å². The van der Waals surface area contributed by atoms with Crippen molar-refractivity contribution in [2.75, 3.05) is 26.8 Å². The van der Waals surface area contributed by atoms with Crippen LogP contribution in [0.1, 0.15) is 29.5 Å². The molecule has 0 spiro atoms. The van der Waals surface area contributed by atoms with Gasteiger partial charge in [-0.2, -0.15) is 0 Å². The van der Waals surface area contributed by atoms with Crippen LogP contribution in [0, 0.1) is 20.8 Å². The molecule has 0 unspecified atom stereocenters. The Morgan fingerprint density at radius 1 is 0.967 bits per heavy atom. The van der Waals surface area contributed by atoms with Gasteiger partial charge >= 0.3 is 0 Å². The predicted octanol–water partition coefficient (Wildman–Crippen LogP) is 2.87. The van der Waals surface area contributed by atoms with Crippen molar-refractivity contribution >= 4 is 15.9 Å². The summed E-state index contributed by atoms with van der Waals surface area (Å²) in [4.78, 5) is 12.0. The number of aryl methyl sites for hydroxylation is 3. The average molecular weight is 435 g/mol. The Labute approximate surface area is 178 Å². The molecule has 1 amide bonds. The minimum absolute atomic E-state index is 0.0872. The smallest absolute Gasteiger partial charge is 0.244 e. The van der Waals surface area contributed by atoms with Gasteiger partial charge in [0, 0.05) is 19.5 Å². The molecule has 2 aromatic carbocycles. The fourth-order valence-corrected chi connectivity index (χ4v) is 4.08. The largest absolute Gasteiger partial charge is 0.495 e. The number of nitrogens with one attached hydrogen (secondary N) is 2. The lowest BCUT2D eigenvalue weighted by molar-refractivity contribution is -0.121. The molecule has 0 fully saturated rings. The van der Waals surface area contributed by atoms with Crippen LogP contribution >= 0.6 is 0 Å². The quantitative estimate of drug-likeness (QED) is 0.531. The molecule has 0 radical (unpaired) electrons. The van der Waals surface area contributed by atoms with E-state index >= 15 is 0 Å². The third kappa shape index (κ3) is 6.74. The van der Waals surface area contributed by atoms with Crippen LogP contribution in [0.3, 0.4) is 0 Å². The molecule has 0 atom stereocenters. The molecule has 0 bridgehead atoms. The minimum Gasteiger partial charge on any atom is -0.495 e. The molecule has 2 rings (SSSR count). The van der Waals surface area contributed by atoms with E-state index in [9.17, 15) is 13.2 Å². The maximum atomic E-state index is 12.6. The van der Waals surface area contributed by atoms with Crippen LogP contribution in [-0.2, 0) is 14.8 Å². The lowest BCUT2D eigenvalue weighted by Crippen LogP contribution is -2.34. The van der Waals surface area contributed by atoms with Crippen LogP contribution in [0.15, 0.2) is 41.3 Å². The van der Waals surface area contributed by atoms with Gasteiger partial charge in [-0.1, -0.05) is 18.2 Å². The summed E-state index contributed by atoms with van der Waals surface area (Å²) in [5.41, 5.74) is 2.86. The van der Waals surface area contributed by atoms with E-state index in [0.717, 1.165) is 22.4 Å².